The highest BCUT2D eigenvalue weighted by Gasteiger charge is 2.29. The van der Waals surface area contributed by atoms with Crippen molar-refractivity contribution >= 4 is 22.5 Å². The summed E-state index contributed by atoms with van der Waals surface area (Å²) in [4.78, 5) is 15.8. The third-order valence-corrected chi connectivity index (χ3v) is 6.09. The predicted octanol–water partition coefficient (Wildman–Crippen LogP) is 3.68. The maximum atomic E-state index is 5.84. The number of piperidine rings is 1. The van der Waals surface area contributed by atoms with Gasteiger partial charge in [0.2, 0.25) is 0 Å². The van der Waals surface area contributed by atoms with E-state index in [9.17, 15) is 0 Å². The second kappa shape index (κ2) is 8.33. The van der Waals surface area contributed by atoms with Crippen molar-refractivity contribution in [2.45, 2.75) is 31.7 Å². The largest absolute Gasteiger partial charge is 0.379 e. The molecule has 2 fully saturated rings. The van der Waals surface area contributed by atoms with Crippen LogP contribution in [0.15, 0.2) is 48.9 Å². The zero-order valence-corrected chi connectivity index (χ0v) is 16.6. The molecule has 29 heavy (non-hydrogen) atoms. The summed E-state index contributed by atoms with van der Waals surface area (Å²) < 4.78 is 5.84. The fourth-order valence-electron chi connectivity index (χ4n) is 4.49. The molecule has 0 saturated carbocycles. The van der Waals surface area contributed by atoms with Gasteiger partial charge in [-0.15, -0.1) is 0 Å². The zero-order valence-electron chi connectivity index (χ0n) is 16.6. The molecule has 4 heterocycles. The van der Waals surface area contributed by atoms with E-state index in [4.69, 9.17) is 4.74 Å². The van der Waals surface area contributed by atoms with Crippen LogP contribution in [0.3, 0.4) is 0 Å². The van der Waals surface area contributed by atoms with Gasteiger partial charge in [-0.3, -0.25) is 4.98 Å². The molecule has 2 aliphatic heterocycles. The molecule has 6 nitrogen and oxygen atoms in total. The molecular weight excluding hydrogens is 362 g/mol. The third-order valence-electron chi connectivity index (χ3n) is 6.09. The van der Waals surface area contributed by atoms with Crippen LogP contribution in [0.5, 0.6) is 0 Å². The van der Waals surface area contributed by atoms with E-state index >= 15 is 0 Å². The molecule has 5 rings (SSSR count). The highest BCUT2D eigenvalue weighted by atomic mass is 16.5. The molecule has 0 radical (unpaired) electrons. The van der Waals surface area contributed by atoms with Crippen molar-refractivity contribution in [2.75, 3.05) is 36.5 Å². The molecule has 2 aromatic heterocycles. The molecule has 0 aliphatic carbocycles. The molecule has 2 unspecified atom stereocenters. The predicted molar refractivity (Wildman–Crippen MR) is 115 cm³/mol. The number of nitrogens with one attached hydrogen (secondary N) is 1. The summed E-state index contributed by atoms with van der Waals surface area (Å²) >= 11 is 0. The topological polar surface area (TPSA) is 63.2 Å². The number of fused-ring (bicyclic) bond motifs is 1. The maximum absolute atomic E-state index is 5.84. The van der Waals surface area contributed by atoms with Crippen LogP contribution in [0.2, 0.25) is 0 Å². The number of para-hydroxylation sites is 1. The average Bonchev–Trinajstić information content (AvgIpc) is 3.21. The Hall–Kier alpha value is -2.73. The molecule has 0 spiro atoms. The summed E-state index contributed by atoms with van der Waals surface area (Å²) in [5, 5.41) is 4.85. The number of aromatic nitrogens is 3. The molecule has 0 amide bonds. The van der Waals surface area contributed by atoms with Crippen molar-refractivity contribution in [2.24, 2.45) is 5.92 Å². The van der Waals surface area contributed by atoms with Gasteiger partial charge in [0.05, 0.1) is 24.8 Å². The van der Waals surface area contributed by atoms with Crippen LogP contribution in [0.25, 0.3) is 10.9 Å². The number of nitrogens with zero attached hydrogens (tertiary/aromatic N) is 4. The van der Waals surface area contributed by atoms with E-state index < -0.39 is 0 Å². The van der Waals surface area contributed by atoms with Crippen molar-refractivity contribution in [3.63, 3.8) is 0 Å². The van der Waals surface area contributed by atoms with Gasteiger partial charge >= 0.3 is 0 Å². The van der Waals surface area contributed by atoms with Crippen LogP contribution in [0.4, 0.5) is 11.6 Å². The molecule has 6 heteroatoms. The van der Waals surface area contributed by atoms with E-state index in [1.54, 1.807) is 6.33 Å². The van der Waals surface area contributed by atoms with E-state index in [1.165, 1.54) is 30.2 Å². The SMILES string of the molecule is c1ccc2c(CC3COCC3Nc3cc(N4CCCCC4)ncn3)ccnc2c1. The van der Waals surface area contributed by atoms with Gasteiger partial charge in [-0.2, -0.15) is 0 Å². The number of rotatable bonds is 5. The van der Waals surface area contributed by atoms with Crippen molar-refractivity contribution < 1.29 is 4.74 Å². The maximum Gasteiger partial charge on any atom is 0.134 e. The standard InChI is InChI=1S/C23H27N5O/c1-4-10-28(11-5-1)23-13-22(25-16-26-23)27-21-15-29-14-18(21)12-17-8-9-24-20-7-3-2-6-19(17)20/h2-3,6-9,13,16,18,21H,1,4-5,10-12,14-15H2,(H,25,26,27). The fraction of sp³-hybridized carbons (Fsp3) is 0.435. The highest BCUT2D eigenvalue weighted by molar-refractivity contribution is 5.81. The molecule has 2 aliphatic rings. The number of pyridine rings is 1. The Morgan fingerprint density at radius 3 is 2.83 bits per heavy atom. The van der Waals surface area contributed by atoms with Crippen LogP contribution in [-0.4, -0.2) is 47.3 Å². The smallest absolute Gasteiger partial charge is 0.134 e. The molecule has 0 bridgehead atoms. The molecule has 2 atom stereocenters. The Morgan fingerprint density at radius 2 is 1.90 bits per heavy atom. The minimum absolute atomic E-state index is 0.242. The van der Waals surface area contributed by atoms with Crippen LogP contribution >= 0.6 is 0 Å². The summed E-state index contributed by atoms with van der Waals surface area (Å²) in [7, 11) is 0. The number of ether oxygens (including phenoxy) is 1. The van der Waals surface area contributed by atoms with Gasteiger partial charge in [-0.05, 0) is 43.4 Å². The summed E-state index contributed by atoms with van der Waals surface area (Å²) in [6.45, 7) is 3.64. The van der Waals surface area contributed by atoms with Gasteiger partial charge in [-0.1, -0.05) is 18.2 Å². The van der Waals surface area contributed by atoms with E-state index in [0.717, 1.165) is 43.3 Å². The lowest BCUT2D eigenvalue weighted by Gasteiger charge is -2.28. The van der Waals surface area contributed by atoms with E-state index in [2.05, 4.69) is 55.5 Å². The van der Waals surface area contributed by atoms with E-state index in [-0.39, 0.29) is 6.04 Å². The minimum atomic E-state index is 0.242. The van der Waals surface area contributed by atoms with Gasteiger partial charge in [0.1, 0.15) is 18.0 Å². The second-order valence-corrected chi connectivity index (χ2v) is 8.05. The fourth-order valence-corrected chi connectivity index (χ4v) is 4.49. The molecule has 150 valence electrons. The Balaban J connectivity index is 1.31. The highest BCUT2D eigenvalue weighted by Crippen LogP contribution is 2.26. The van der Waals surface area contributed by atoms with Crippen molar-refractivity contribution in [1.82, 2.24) is 15.0 Å². The molecular formula is C23H27N5O. The molecule has 1 aromatic carbocycles. The van der Waals surface area contributed by atoms with Crippen LogP contribution in [0, 0.1) is 5.92 Å². The van der Waals surface area contributed by atoms with Gasteiger partial charge in [-0.25, -0.2) is 9.97 Å². The summed E-state index contributed by atoms with van der Waals surface area (Å²) in [6.07, 6.45) is 8.34. The van der Waals surface area contributed by atoms with Crippen LogP contribution < -0.4 is 10.2 Å². The Kier molecular flexibility index (Phi) is 5.26. The van der Waals surface area contributed by atoms with Crippen LogP contribution in [-0.2, 0) is 11.2 Å². The van der Waals surface area contributed by atoms with Gasteiger partial charge in [0, 0.05) is 36.7 Å². The normalized spacial score (nSPS) is 22.1. The third kappa shape index (κ3) is 4.03. The van der Waals surface area contributed by atoms with E-state index in [0.29, 0.717) is 12.5 Å². The monoisotopic (exact) mass is 389 g/mol. The number of hydrogen-bond acceptors (Lipinski definition) is 6. The first-order valence-corrected chi connectivity index (χ1v) is 10.6. The number of hydrogen-bond donors (Lipinski definition) is 1. The lowest BCUT2D eigenvalue weighted by molar-refractivity contribution is 0.185. The van der Waals surface area contributed by atoms with Crippen molar-refractivity contribution in [3.8, 4) is 0 Å². The summed E-state index contributed by atoms with van der Waals surface area (Å²) in [5.74, 6) is 2.31. The zero-order chi connectivity index (χ0) is 19.5. The lowest BCUT2D eigenvalue weighted by Crippen LogP contribution is -2.31. The van der Waals surface area contributed by atoms with Crippen molar-refractivity contribution in [3.05, 3.63) is 54.5 Å². The van der Waals surface area contributed by atoms with Gasteiger partial charge < -0.3 is 15.0 Å². The Labute approximate surface area is 171 Å². The minimum Gasteiger partial charge on any atom is -0.379 e. The van der Waals surface area contributed by atoms with Crippen LogP contribution in [0.1, 0.15) is 24.8 Å². The summed E-state index contributed by atoms with van der Waals surface area (Å²) in [6, 6.07) is 12.8. The lowest BCUT2D eigenvalue weighted by atomic mass is 9.93. The Bertz CT molecular complexity index is 967. The average molecular weight is 390 g/mol. The van der Waals surface area contributed by atoms with Crippen molar-refractivity contribution in [1.29, 1.82) is 0 Å². The summed E-state index contributed by atoms with van der Waals surface area (Å²) in [5.41, 5.74) is 2.38. The first-order chi connectivity index (χ1) is 14.4. The second-order valence-electron chi connectivity index (χ2n) is 8.05. The Morgan fingerprint density at radius 1 is 1.00 bits per heavy atom. The number of anilines is 2. The van der Waals surface area contributed by atoms with Gasteiger partial charge in [0.15, 0.2) is 0 Å². The molecule has 3 aromatic rings. The molecule has 2 saturated heterocycles. The molecule has 1 N–H and O–H groups in total. The van der Waals surface area contributed by atoms with Gasteiger partial charge in [0.25, 0.3) is 0 Å². The number of benzene rings is 1. The first kappa shape index (κ1) is 18.3. The quantitative estimate of drug-likeness (QED) is 0.718. The van der Waals surface area contributed by atoms with E-state index in [1.807, 2.05) is 12.3 Å². The first-order valence-electron chi connectivity index (χ1n) is 10.6.